The highest BCUT2D eigenvalue weighted by Gasteiger charge is 2.13. The number of hydrogen-bond acceptors (Lipinski definition) is 4. The number of nitrogen functional groups attached to an aromatic ring is 1. The molecule has 0 aromatic heterocycles. The Balaban J connectivity index is 3.04. The van der Waals surface area contributed by atoms with Crippen LogP contribution in [0.3, 0.4) is 0 Å². The van der Waals surface area contributed by atoms with Gasteiger partial charge in [0.25, 0.3) is 0 Å². The van der Waals surface area contributed by atoms with Crippen LogP contribution in [-0.4, -0.2) is 39.9 Å². The van der Waals surface area contributed by atoms with Crippen molar-refractivity contribution in [1.29, 1.82) is 5.41 Å². The monoisotopic (exact) mass is 269 g/mol. The van der Waals surface area contributed by atoms with E-state index in [-0.39, 0.29) is 11.6 Å². The second kappa shape index (κ2) is 5.39. The molecule has 0 heterocycles. The van der Waals surface area contributed by atoms with Crippen LogP contribution in [0, 0.1) is 12.3 Å². The van der Waals surface area contributed by atoms with Crippen LogP contribution in [0.5, 0.6) is 0 Å². The van der Waals surface area contributed by atoms with E-state index in [1.807, 2.05) is 24.0 Å². The fraction of sp³-hybridized carbons (Fsp3) is 0.417. The molecular weight excluding hydrogens is 250 g/mol. The molecule has 0 aliphatic rings. The van der Waals surface area contributed by atoms with E-state index >= 15 is 0 Å². The molecule has 1 aromatic carbocycles. The lowest BCUT2D eigenvalue weighted by Gasteiger charge is -2.23. The zero-order chi connectivity index (χ0) is 13.9. The lowest BCUT2D eigenvalue weighted by molar-refractivity contribution is 0.601. The Bertz CT molecular complexity index is 552. The molecule has 3 N–H and O–H groups in total. The topological polar surface area (TPSA) is 87.2 Å². The van der Waals surface area contributed by atoms with Gasteiger partial charge in [-0.15, -0.1) is 0 Å². The van der Waals surface area contributed by atoms with Crippen molar-refractivity contribution < 1.29 is 8.42 Å². The summed E-state index contributed by atoms with van der Waals surface area (Å²) in [6.45, 7) is 2.29. The van der Waals surface area contributed by atoms with Crippen molar-refractivity contribution in [3.8, 4) is 0 Å². The number of nitrogens with two attached hydrogens (primary N) is 1. The van der Waals surface area contributed by atoms with Gasteiger partial charge in [-0.3, -0.25) is 5.41 Å². The van der Waals surface area contributed by atoms with Crippen LogP contribution in [0.2, 0.25) is 0 Å². The Hall–Kier alpha value is -1.56. The minimum Gasteiger partial charge on any atom is -0.384 e. The maximum Gasteiger partial charge on any atom is 0.149 e. The van der Waals surface area contributed by atoms with Gasteiger partial charge in [-0.05, 0) is 18.6 Å². The van der Waals surface area contributed by atoms with Gasteiger partial charge < -0.3 is 10.6 Å². The normalized spacial score (nSPS) is 11.3. The number of para-hydroxylation sites is 1. The van der Waals surface area contributed by atoms with Crippen LogP contribution < -0.4 is 10.6 Å². The number of amidine groups is 1. The number of nitrogens with zero attached hydrogens (tertiary/aromatic N) is 1. The first-order chi connectivity index (χ1) is 8.22. The van der Waals surface area contributed by atoms with Gasteiger partial charge in [-0.25, -0.2) is 8.42 Å². The van der Waals surface area contributed by atoms with Gasteiger partial charge in [0, 0.05) is 25.4 Å². The van der Waals surface area contributed by atoms with Crippen molar-refractivity contribution >= 4 is 21.4 Å². The molecule has 0 unspecified atom stereocenters. The van der Waals surface area contributed by atoms with E-state index in [2.05, 4.69) is 0 Å². The zero-order valence-corrected chi connectivity index (χ0v) is 11.7. The van der Waals surface area contributed by atoms with Crippen molar-refractivity contribution in [2.24, 2.45) is 5.73 Å². The number of aryl methyl sites for hydroxylation is 1. The van der Waals surface area contributed by atoms with Crippen molar-refractivity contribution in [3.63, 3.8) is 0 Å². The van der Waals surface area contributed by atoms with Gasteiger partial charge >= 0.3 is 0 Å². The van der Waals surface area contributed by atoms with E-state index < -0.39 is 9.84 Å². The molecule has 0 radical (unpaired) electrons. The predicted octanol–water partition coefficient (Wildman–Crippen LogP) is 0.760. The SMILES string of the molecule is Cc1cccc(C(=N)N)c1N(C)CCS(C)(=O)=O. The number of rotatable bonds is 5. The maximum atomic E-state index is 11.2. The second-order valence-electron chi connectivity index (χ2n) is 4.44. The summed E-state index contributed by atoms with van der Waals surface area (Å²) in [5.41, 5.74) is 7.96. The first-order valence-electron chi connectivity index (χ1n) is 5.55. The van der Waals surface area contributed by atoms with Crippen molar-refractivity contribution in [2.75, 3.05) is 30.5 Å². The molecule has 0 spiro atoms. The summed E-state index contributed by atoms with van der Waals surface area (Å²) in [6.07, 6.45) is 1.21. The smallest absolute Gasteiger partial charge is 0.149 e. The molecule has 6 heteroatoms. The van der Waals surface area contributed by atoms with Crippen molar-refractivity contribution in [1.82, 2.24) is 0 Å². The third-order valence-electron chi connectivity index (χ3n) is 2.71. The average molecular weight is 269 g/mol. The summed E-state index contributed by atoms with van der Waals surface area (Å²) in [5, 5.41) is 7.55. The Kier molecular flexibility index (Phi) is 4.34. The molecule has 0 saturated heterocycles. The Morgan fingerprint density at radius 2 is 2.06 bits per heavy atom. The molecule has 0 saturated carbocycles. The van der Waals surface area contributed by atoms with Crippen molar-refractivity contribution in [3.05, 3.63) is 29.3 Å². The van der Waals surface area contributed by atoms with Crippen molar-refractivity contribution in [2.45, 2.75) is 6.92 Å². The van der Waals surface area contributed by atoms with E-state index in [4.69, 9.17) is 11.1 Å². The standard InChI is InChI=1S/C12H19N3O2S/c1-9-5-4-6-10(12(13)14)11(9)15(2)7-8-18(3,16)17/h4-6H,7-8H2,1-3H3,(H3,13,14). The first-order valence-corrected chi connectivity index (χ1v) is 7.61. The molecular formula is C12H19N3O2S. The van der Waals surface area contributed by atoms with Gasteiger partial charge in [0.15, 0.2) is 0 Å². The van der Waals surface area contributed by atoms with E-state index in [1.54, 1.807) is 13.1 Å². The van der Waals surface area contributed by atoms with Gasteiger partial charge in [-0.1, -0.05) is 12.1 Å². The number of hydrogen-bond donors (Lipinski definition) is 2. The summed E-state index contributed by atoms with van der Waals surface area (Å²) >= 11 is 0. The summed E-state index contributed by atoms with van der Waals surface area (Å²) < 4.78 is 22.4. The highest BCUT2D eigenvalue weighted by atomic mass is 32.2. The molecule has 0 fully saturated rings. The highest BCUT2D eigenvalue weighted by Crippen LogP contribution is 2.23. The molecule has 0 aliphatic carbocycles. The fourth-order valence-corrected chi connectivity index (χ4v) is 2.40. The van der Waals surface area contributed by atoms with Crippen LogP contribution in [0.1, 0.15) is 11.1 Å². The van der Waals surface area contributed by atoms with Gasteiger partial charge in [0.1, 0.15) is 15.7 Å². The van der Waals surface area contributed by atoms with E-state index in [0.717, 1.165) is 11.3 Å². The lowest BCUT2D eigenvalue weighted by atomic mass is 10.1. The second-order valence-corrected chi connectivity index (χ2v) is 6.70. The Labute approximate surface area is 108 Å². The zero-order valence-electron chi connectivity index (χ0n) is 10.9. The summed E-state index contributed by atoms with van der Waals surface area (Å²) in [5.74, 6) is 0.0646. The summed E-state index contributed by atoms with van der Waals surface area (Å²) in [4.78, 5) is 1.83. The lowest BCUT2D eigenvalue weighted by Crippen LogP contribution is -2.28. The fourth-order valence-electron chi connectivity index (χ4n) is 1.80. The largest absolute Gasteiger partial charge is 0.384 e. The Morgan fingerprint density at radius 3 is 2.56 bits per heavy atom. The van der Waals surface area contributed by atoms with Gasteiger partial charge in [0.05, 0.1) is 11.4 Å². The van der Waals surface area contributed by atoms with E-state index in [0.29, 0.717) is 12.1 Å². The molecule has 1 aromatic rings. The van der Waals surface area contributed by atoms with Crippen LogP contribution >= 0.6 is 0 Å². The summed E-state index contributed by atoms with van der Waals surface area (Å²) in [6, 6.07) is 5.51. The Morgan fingerprint density at radius 1 is 1.44 bits per heavy atom. The number of anilines is 1. The maximum absolute atomic E-state index is 11.2. The van der Waals surface area contributed by atoms with E-state index in [9.17, 15) is 8.42 Å². The molecule has 5 nitrogen and oxygen atoms in total. The molecule has 0 aliphatic heterocycles. The number of nitrogens with one attached hydrogen (secondary N) is 1. The molecule has 1 rings (SSSR count). The average Bonchev–Trinajstić information content (AvgIpc) is 2.24. The first kappa shape index (κ1) is 14.5. The molecule has 18 heavy (non-hydrogen) atoms. The van der Waals surface area contributed by atoms with Gasteiger partial charge in [-0.2, -0.15) is 0 Å². The summed E-state index contributed by atoms with van der Waals surface area (Å²) in [7, 11) is -1.19. The minimum absolute atomic E-state index is 0.0140. The highest BCUT2D eigenvalue weighted by molar-refractivity contribution is 7.90. The number of benzene rings is 1. The quantitative estimate of drug-likeness (QED) is 0.610. The van der Waals surface area contributed by atoms with Crippen LogP contribution in [0.25, 0.3) is 0 Å². The third-order valence-corrected chi connectivity index (χ3v) is 3.63. The third kappa shape index (κ3) is 3.73. The number of sulfone groups is 1. The predicted molar refractivity (Wildman–Crippen MR) is 75.2 cm³/mol. The van der Waals surface area contributed by atoms with Crippen LogP contribution in [0.15, 0.2) is 18.2 Å². The van der Waals surface area contributed by atoms with Crippen LogP contribution in [0.4, 0.5) is 5.69 Å². The minimum atomic E-state index is -3.00. The molecule has 0 atom stereocenters. The molecule has 0 amide bonds. The van der Waals surface area contributed by atoms with Crippen LogP contribution in [-0.2, 0) is 9.84 Å². The molecule has 100 valence electrons. The molecule has 0 bridgehead atoms. The van der Waals surface area contributed by atoms with E-state index in [1.165, 1.54) is 6.26 Å². The van der Waals surface area contributed by atoms with Gasteiger partial charge in [0.2, 0.25) is 0 Å².